The van der Waals surface area contributed by atoms with Gasteiger partial charge >= 0.3 is 0 Å². The van der Waals surface area contributed by atoms with Crippen LogP contribution in [0.5, 0.6) is 0 Å². The minimum absolute atomic E-state index is 0.384. The molecule has 3 aromatic heterocycles. The van der Waals surface area contributed by atoms with Crippen LogP contribution in [0.25, 0.3) is 16.9 Å². The highest BCUT2D eigenvalue weighted by atomic mass is 79.9. The van der Waals surface area contributed by atoms with Crippen LogP contribution in [-0.4, -0.2) is 24.8 Å². The van der Waals surface area contributed by atoms with Crippen LogP contribution < -0.4 is 0 Å². The maximum atomic E-state index is 4.41. The summed E-state index contributed by atoms with van der Waals surface area (Å²) in [7, 11) is 0. The van der Waals surface area contributed by atoms with Crippen molar-refractivity contribution in [3.63, 3.8) is 0 Å². The molecule has 6 heteroatoms. The largest absolute Gasteiger partial charge is 0.270 e. The van der Waals surface area contributed by atoms with Crippen LogP contribution in [0.15, 0.2) is 23.2 Å². The molecule has 0 atom stereocenters. The van der Waals surface area contributed by atoms with Crippen LogP contribution >= 0.6 is 15.9 Å². The van der Waals surface area contributed by atoms with E-state index in [0.29, 0.717) is 5.92 Å². The van der Waals surface area contributed by atoms with Crippen LogP contribution in [-0.2, 0) is 0 Å². The van der Waals surface area contributed by atoms with Gasteiger partial charge in [0.15, 0.2) is 5.65 Å². The van der Waals surface area contributed by atoms with Crippen LogP contribution in [0.1, 0.15) is 30.9 Å². The van der Waals surface area contributed by atoms with Gasteiger partial charge in [0.1, 0.15) is 10.9 Å². The lowest BCUT2D eigenvalue weighted by Crippen LogP contribution is -1.95. The van der Waals surface area contributed by atoms with E-state index in [2.05, 4.69) is 56.1 Å². The van der Waals surface area contributed by atoms with E-state index in [-0.39, 0.29) is 0 Å². The number of hydrogen-bond acceptors (Lipinski definition) is 3. The van der Waals surface area contributed by atoms with Crippen molar-refractivity contribution in [3.05, 3.63) is 34.3 Å². The predicted octanol–water partition coefficient (Wildman–Crippen LogP) is 3.31. The first-order valence-corrected chi connectivity index (χ1v) is 6.91. The maximum Gasteiger partial charge on any atom is 0.158 e. The van der Waals surface area contributed by atoms with Crippen LogP contribution in [0.4, 0.5) is 0 Å². The number of rotatable bonds is 2. The summed E-state index contributed by atoms with van der Waals surface area (Å²) in [6, 6.07) is 2.10. The second-order valence-electron chi connectivity index (χ2n) is 4.89. The van der Waals surface area contributed by atoms with Gasteiger partial charge in [-0.1, -0.05) is 13.8 Å². The average Bonchev–Trinajstić information content (AvgIpc) is 2.94. The van der Waals surface area contributed by atoms with Gasteiger partial charge in [-0.2, -0.15) is 10.2 Å². The van der Waals surface area contributed by atoms with Gasteiger partial charge in [-0.15, -0.1) is 0 Å². The predicted molar refractivity (Wildman–Crippen MR) is 77.1 cm³/mol. The Balaban J connectivity index is 2.24. The molecular formula is C13H14BrN5. The monoisotopic (exact) mass is 319 g/mol. The standard InChI is InChI=1S/C13H14BrN5/c1-7(2)10-11(17-18-12(10)14)9-4-8(3)13-15-6-16-19(13)5-9/h4-7H,1-3H3,(H,17,18). The van der Waals surface area contributed by atoms with Crippen molar-refractivity contribution >= 4 is 21.6 Å². The summed E-state index contributed by atoms with van der Waals surface area (Å²) in [5.41, 5.74) is 5.15. The molecule has 0 amide bonds. The molecule has 0 radical (unpaired) electrons. The number of aromatic nitrogens is 5. The quantitative estimate of drug-likeness (QED) is 0.788. The van der Waals surface area contributed by atoms with Crippen molar-refractivity contribution in [2.24, 2.45) is 0 Å². The number of pyridine rings is 1. The fourth-order valence-corrected chi connectivity index (χ4v) is 3.03. The number of nitrogens with zero attached hydrogens (tertiary/aromatic N) is 4. The molecule has 3 rings (SSSR count). The summed E-state index contributed by atoms with van der Waals surface area (Å²) in [5.74, 6) is 0.384. The number of hydrogen-bond donors (Lipinski definition) is 1. The van der Waals surface area contributed by atoms with Crippen molar-refractivity contribution in [2.45, 2.75) is 26.7 Å². The number of halogens is 1. The van der Waals surface area contributed by atoms with Crippen molar-refractivity contribution in [1.29, 1.82) is 0 Å². The number of aryl methyl sites for hydroxylation is 1. The highest BCUT2D eigenvalue weighted by Gasteiger charge is 2.17. The van der Waals surface area contributed by atoms with E-state index < -0.39 is 0 Å². The van der Waals surface area contributed by atoms with E-state index in [1.807, 2.05) is 13.1 Å². The SMILES string of the molecule is Cc1cc(-c2n[nH]c(Br)c2C(C)C)cn2ncnc12. The molecule has 0 aliphatic heterocycles. The Morgan fingerprint density at radius 2 is 2.16 bits per heavy atom. The van der Waals surface area contributed by atoms with E-state index in [4.69, 9.17) is 0 Å². The number of H-pyrrole nitrogens is 1. The van der Waals surface area contributed by atoms with Crippen molar-refractivity contribution in [1.82, 2.24) is 24.8 Å². The van der Waals surface area contributed by atoms with Crippen LogP contribution in [0.3, 0.4) is 0 Å². The second-order valence-corrected chi connectivity index (χ2v) is 5.69. The molecular weight excluding hydrogens is 306 g/mol. The Labute approximate surface area is 119 Å². The molecule has 0 bridgehead atoms. The molecule has 3 aromatic rings. The van der Waals surface area contributed by atoms with Gasteiger partial charge in [0.2, 0.25) is 0 Å². The first-order valence-electron chi connectivity index (χ1n) is 6.12. The van der Waals surface area contributed by atoms with Gasteiger partial charge in [-0.05, 0) is 40.4 Å². The molecule has 0 aromatic carbocycles. The molecule has 0 aliphatic carbocycles. The van der Waals surface area contributed by atoms with E-state index in [0.717, 1.165) is 27.1 Å². The fraction of sp³-hybridized carbons (Fsp3) is 0.308. The maximum absolute atomic E-state index is 4.41. The smallest absolute Gasteiger partial charge is 0.158 e. The van der Waals surface area contributed by atoms with Gasteiger partial charge in [-0.3, -0.25) is 5.10 Å². The molecule has 1 N–H and O–H groups in total. The third-order valence-electron chi connectivity index (χ3n) is 3.17. The summed E-state index contributed by atoms with van der Waals surface area (Å²) in [4.78, 5) is 4.23. The lowest BCUT2D eigenvalue weighted by atomic mass is 10.00. The summed E-state index contributed by atoms with van der Waals surface area (Å²) in [6.45, 7) is 6.34. The molecule has 5 nitrogen and oxygen atoms in total. The molecule has 0 unspecified atom stereocenters. The number of aromatic amines is 1. The van der Waals surface area contributed by atoms with Gasteiger partial charge in [0.25, 0.3) is 0 Å². The van der Waals surface area contributed by atoms with Gasteiger partial charge in [0, 0.05) is 17.3 Å². The first-order chi connectivity index (χ1) is 9.08. The Morgan fingerprint density at radius 1 is 1.37 bits per heavy atom. The Hall–Kier alpha value is -1.69. The third-order valence-corrected chi connectivity index (χ3v) is 3.77. The van der Waals surface area contributed by atoms with E-state index in [1.165, 1.54) is 5.56 Å². The van der Waals surface area contributed by atoms with E-state index in [9.17, 15) is 0 Å². The normalized spacial score (nSPS) is 11.6. The zero-order valence-electron chi connectivity index (χ0n) is 11.0. The molecule has 3 heterocycles. The van der Waals surface area contributed by atoms with Gasteiger partial charge < -0.3 is 0 Å². The topological polar surface area (TPSA) is 58.9 Å². The summed E-state index contributed by atoms with van der Waals surface area (Å²) >= 11 is 3.52. The molecule has 19 heavy (non-hydrogen) atoms. The van der Waals surface area contributed by atoms with Gasteiger partial charge in [0.05, 0.1) is 5.69 Å². The lowest BCUT2D eigenvalue weighted by molar-refractivity contribution is 0.863. The van der Waals surface area contributed by atoms with Crippen molar-refractivity contribution < 1.29 is 0 Å². The van der Waals surface area contributed by atoms with E-state index in [1.54, 1.807) is 10.8 Å². The molecule has 0 fully saturated rings. The minimum atomic E-state index is 0.384. The zero-order chi connectivity index (χ0) is 13.6. The molecule has 0 saturated heterocycles. The highest BCUT2D eigenvalue weighted by Crippen LogP contribution is 2.33. The summed E-state index contributed by atoms with van der Waals surface area (Å²) < 4.78 is 2.73. The Kier molecular flexibility index (Phi) is 2.89. The number of nitrogens with one attached hydrogen (secondary N) is 1. The average molecular weight is 320 g/mol. The van der Waals surface area contributed by atoms with Crippen LogP contribution in [0.2, 0.25) is 0 Å². The Bertz CT molecular complexity index is 741. The zero-order valence-corrected chi connectivity index (χ0v) is 12.6. The second kappa shape index (κ2) is 4.45. The first kappa shape index (κ1) is 12.3. The van der Waals surface area contributed by atoms with Crippen LogP contribution in [0, 0.1) is 6.92 Å². The number of fused-ring (bicyclic) bond motifs is 1. The molecule has 98 valence electrons. The lowest BCUT2D eigenvalue weighted by Gasteiger charge is -2.08. The molecule has 0 spiro atoms. The molecule has 0 aliphatic rings. The summed E-state index contributed by atoms with van der Waals surface area (Å²) in [5, 5.41) is 11.6. The third kappa shape index (κ3) is 1.96. The van der Waals surface area contributed by atoms with E-state index >= 15 is 0 Å². The molecule has 0 saturated carbocycles. The van der Waals surface area contributed by atoms with Gasteiger partial charge in [-0.25, -0.2) is 9.50 Å². The summed E-state index contributed by atoms with van der Waals surface area (Å²) in [6.07, 6.45) is 3.53. The Morgan fingerprint density at radius 3 is 2.89 bits per heavy atom. The highest BCUT2D eigenvalue weighted by molar-refractivity contribution is 9.10. The van der Waals surface area contributed by atoms with Crippen molar-refractivity contribution in [3.8, 4) is 11.3 Å². The fourth-order valence-electron chi connectivity index (χ4n) is 2.30. The van der Waals surface area contributed by atoms with Crippen molar-refractivity contribution in [2.75, 3.05) is 0 Å². The minimum Gasteiger partial charge on any atom is -0.270 e.